The van der Waals surface area contributed by atoms with Gasteiger partial charge in [0.05, 0.1) is 0 Å². The van der Waals surface area contributed by atoms with Gasteiger partial charge in [-0.3, -0.25) is 0 Å². The number of halogens is 2. The normalized spacial score (nSPS) is 14.6. The van der Waals surface area contributed by atoms with E-state index < -0.39 is 0 Å². The highest BCUT2D eigenvalue weighted by molar-refractivity contribution is 6.31. The van der Waals surface area contributed by atoms with E-state index in [0.717, 1.165) is 31.2 Å². The van der Waals surface area contributed by atoms with Crippen LogP contribution in [0.1, 0.15) is 45.1 Å². The smallest absolute Gasteiger partial charge is 0.124 e. The summed E-state index contributed by atoms with van der Waals surface area (Å²) in [6, 6.07) is 4.53. The zero-order valence-electron chi connectivity index (χ0n) is 10.6. The quantitative estimate of drug-likeness (QED) is 0.807. The summed E-state index contributed by atoms with van der Waals surface area (Å²) in [7, 11) is 0. The second-order valence-corrected chi connectivity index (χ2v) is 5.14. The SMILES string of the molecule is CCCCC(N)(CC)Cc1ccc(F)cc1Cl. The van der Waals surface area contributed by atoms with E-state index in [1.54, 1.807) is 6.07 Å². The van der Waals surface area contributed by atoms with E-state index in [2.05, 4.69) is 13.8 Å². The van der Waals surface area contributed by atoms with Crippen molar-refractivity contribution in [2.45, 2.75) is 51.5 Å². The lowest BCUT2D eigenvalue weighted by Crippen LogP contribution is -2.41. The van der Waals surface area contributed by atoms with Crippen LogP contribution in [0.15, 0.2) is 18.2 Å². The molecule has 0 fully saturated rings. The van der Waals surface area contributed by atoms with Gasteiger partial charge in [0, 0.05) is 10.6 Å². The maximum Gasteiger partial charge on any atom is 0.124 e. The van der Waals surface area contributed by atoms with E-state index in [1.807, 2.05) is 0 Å². The average molecular weight is 258 g/mol. The van der Waals surface area contributed by atoms with Crippen LogP contribution in [0.25, 0.3) is 0 Å². The predicted molar refractivity (Wildman–Crippen MR) is 71.8 cm³/mol. The molecule has 0 heterocycles. The van der Waals surface area contributed by atoms with Gasteiger partial charge < -0.3 is 5.73 Å². The standard InChI is InChI=1S/C14H21ClFN/c1-3-5-8-14(17,4-2)10-11-6-7-12(16)9-13(11)15/h6-7,9H,3-5,8,10,17H2,1-2H3. The Kier molecular flexibility index (Phi) is 5.41. The first-order valence-corrected chi connectivity index (χ1v) is 6.61. The van der Waals surface area contributed by atoms with E-state index in [-0.39, 0.29) is 11.4 Å². The Hall–Kier alpha value is -0.600. The average Bonchev–Trinajstić information content (AvgIpc) is 2.30. The van der Waals surface area contributed by atoms with Crippen LogP contribution in [-0.2, 0) is 6.42 Å². The molecule has 0 aromatic heterocycles. The fraction of sp³-hybridized carbons (Fsp3) is 0.571. The summed E-state index contributed by atoms with van der Waals surface area (Å²) in [5.41, 5.74) is 7.08. The van der Waals surface area contributed by atoms with Crippen molar-refractivity contribution in [3.8, 4) is 0 Å². The molecule has 2 N–H and O–H groups in total. The molecule has 0 radical (unpaired) electrons. The molecule has 1 aromatic carbocycles. The third kappa shape index (κ3) is 4.29. The first-order chi connectivity index (χ1) is 8.00. The molecule has 0 saturated carbocycles. The topological polar surface area (TPSA) is 26.0 Å². The molecular weight excluding hydrogens is 237 g/mol. The zero-order chi connectivity index (χ0) is 12.9. The van der Waals surface area contributed by atoms with Gasteiger partial charge in [0.2, 0.25) is 0 Å². The minimum absolute atomic E-state index is 0.225. The lowest BCUT2D eigenvalue weighted by molar-refractivity contribution is 0.365. The van der Waals surface area contributed by atoms with E-state index >= 15 is 0 Å². The Morgan fingerprint density at radius 1 is 1.35 bits per heavy atom. The molecule has 0 aliphatic rings. The molecule has 1 rings (SSSR count). The fourth-order valence-corrected chi connectivity index (χ4v) is 2.20. The number of unbranched alkanes of at least 4 members (excludes halogenated alkanes) is 1. The zero-order valence-corrected chi connectivity index (χ0v) is 11.4. The summed E-state index contributed by atoms with van der Waals surface area (Å²) in [5.74, 6) is -0.300. The molecule has 1 unspecified atom stereocenters. The summed E-state index contributed by atoms with van der Waals surface area (Å²) in [6.45, 7) is 4.24. The summed E-state index contributed by atoms with van der Waals surface area (Å²) in [6.07, 6.45) is 4.84. The van der Waals surface area contributed by atoms with Crippen molar-refractivity contribution in [3.63, 3.8) is 0 Å². The highest BCUT2D eigenvalue weighted by atomic mass is 35.5. The van der Waals surface area contributed by atoms with Gasteiger partial charge in [-0.05, 0) is 37.0 Å². The van der Waals surface area contributed by atoms with Gasteiger partial charge in [-0.25, -0.2) is 4.39 Å². The van der Waals surface area contributed by atoms with Gasteiger partial charge in [0.1, 0.15) is 5.82 Å². The highest BCUT2D eigenvalue weighted by Crippen LogP contribution is 2.26. The van der Waals surface area contributed by atoms with Crippen molar-refractivity contribution in [1.82, 2.24) is 0 Å². The van der Waals surface area contributed by atoms with Crippen LogP contribution in [0.2, 0.25) is 5.02 Å². The second-order valence-electron chi connectivity index (χ2n) is 4.73. The molecule has 0 aliphatic heterocycles. The summed E-state index contributed by atoms with van der Waals surface area (Å²) in [5, 5.41) is 0.477. The summed E-state index contributed by atoms with van der Waals surface area (Å²) < 4.78 is 12.9. The van der Waals surface area contributed by atoms with Gasteiger partial charge >= 0.3 is 0 Å². The minimum Gasteiger partial charge on any atom is -0.325 e. The molecule has 96 valence electrons. The maximum absolute atomic E-state index is 12.9. The Balaban J connectivity index is 2.79. The first kappa shape index (κ1) is 14.5. The van der Waals surface area contributed by atoms with E-state index in [4.69, 9.17) is 17.3 Å². The second kappa shape index (κ2) is 6.36. The van der Waals surface area contributed by atoms with Crippen molar-refractivity contribution in [1.29, 1.82) is 0 Å². The summed E-state index contributed by atoms with van der Waals surface area (Å²) in [4.78, 5) is 0. The van der Waals surface area contributed by atoms with Gasteiger partial charge in [0.25, 0.3) is 0 Å². The van der Waals surface area contributed by atoms with Crippen molar-refractivity contribution >= 4 is 11.6 Å². The van der Waals surface area contributed by atoms with Crippen LogP contribution >= 0.6 is 11.6 Å². The van der Waals surface area contributed by atoms with Gasteiger partial charge in [-0.1, -0.05) is 44.4 Å². The van der Waals surface area contributed by atoms with E-state index in [9.17, 15) is 4.39 Å². The maximum atomic E-state index is 12.9. The van der Waals surface area contributed by atoms with Crippen LogP contribution in [-0.4, -0.2) is 5.54 Å². The van der Waals surface area contributed by atoms with Crippen molar-refractivity contribution in [2.24, 2.45) is 5.73 Å². The molecule has 1 nitrogen and oxygen atoms in total. The minimum atomic E-state index is -0.300. The van der Waals surface area contributed by atoms with Crippen LogP contribution in [0.5, 0.6) is 0 Å². The molecule has 17 heavy (non-hydrogen) atoms. The molecule has 0 aliphatic carbocycles. The molecule has 1 aromatic rings. The van der Waals surface area contributed by atoms with Gasteiger partial charge in [-0.15, -0.1) is 0 Å². The van der Waals surface area contributed by atoms with Crippen molar-refractivity contribution in [3.05, 3.63) is 34.6 Å². The third-order valence-corrected chi connectivity index (χ3v) is 3.64. The molecule has 0 saturated heterocycles. The van der Waals surface area contributed by atoms with Gasteiger partial charge in [-0.2, -0.15) is 0 Å². The van der Waals surface area contributed by atoms with Crippen molar-refractivity contribution < 1.29 is 4.39 Å². The summed E-state index contributed by atoms with van der Waals surface area (Å²) >= 11 is 6.03. The van der Waals surface area contributed by atoms with Crippen LogP contribution in [0, 0.1) is 5.82 Å². The number of hydrogen-bond acceptors (Lipinski definition) is 1. The number of rotatable bonds is 6. The molecular formula is C14H21ClFN. The molecule has 0 bridgehead atoms. The molecule has 1 atom stereocenters. The molecule has 0 amide bonds. The monoisotopic (exact) mass is 257 g/mol. The van der Waals surface area contributed by atoms with E-state index in [1.165, 1.54) is 12.1 Å². The molecule has 0 spiro atoms. The van der Waals surface area contributed by atoms with Gasteiger partial charge in [0.15, 0.2) is 0 Å². The largest absolute Gasteiger partial charge is 0.325 e. The Morgan fingerprint density at radius 3 is 2.59 bits per heavy atom. The fourth-order valence-electron chi connectivity index (χ4n) is 1.96. The Morgan fingerprint density at radius 2 is 2.06 bits per heavy atom. The highest BCUT2D eigenvalue weighted by Gasteiger charge is 2.23. The van der Waals surface area contributed by atoms with E-state index in [0.29, 0.717) is 11.4 Å². The first-order valence-electron chi connectivity index (χ1n) is 6.23. The predicted octanol–water partition coefficient (Wildman–Crippen LogP) is 4.32. The third-order valence-electron chi connectivity index (χ3n) is 3.29. The Bertz CT molecular complexity index is 367. The number of benzene rings is 1. The lowest BCUT2D eigenvalue weighted by Gasteiger charge is -2.28. The van der Waals surface area contributed by atoms with Crippen LogP contribution in [0.4, 0.5) is 4.39 Å². The lowest BCUT2D eigenvalue weighted by atomic mass is 9.84. The number of nitrogens with two attached hydrogens (primary N) is 1. The Labute approximate surface area is 108 Å². The van der Waals surface area contributed by atoms with Crippen LogP contribution < -0.4 is 5.73 Å². The number of hydrogen-bond donors (Lipinski definition) is 1. The molecule has 3 heteroatoms. The van der Waals surface area contributed by atoms with Crippen molar-refractivity contribution in [2.75, 3.05) is 0 Å². The van der Waals surface area contributed by atoms with Crippen LogP contribution in [0.3, 0.4) is 0 Å².